The van der Waals surface area contributed by atoms with Gasteiger partial charge in [-0.1, -0.05) is 41.4 Å². The molecular formula is C20H21Cl2NO4. The maximum Gasteiger partial charge on any atom is 0.338 e. The van der Waals surface area contributed by atoms with Crippen molar-refractivity contribution in [1.82, 2.24) is 5.32 Å². The lowest BCUT2D eigenvalue weighted by molar-refractivity contribution is -0.129. The van der Waals surface area contributed by atoms with E-state index in [0.29, 0.717) is 22.2 Å². The highest BCUT2D eigenvalue weighted by Gasteiger charge is 2.22. The van der Waals surface area contributed by atoms with Gasteiger partial charge in [0.25, 0.3) is 5.91 Å². The van der Waals surface area contributed by atoms with E-state index in [1.807, 2.05) is 6.07 Å². The van der Waals surface area contributed by atoms with Crippen LogP contribution in [0, 0.1) is 0 Å². The van der Waals surface area contributed by atoms with Crippen molar-refractivity contribution in [1.29, 1.82) is 0 Å². The number of hydrogen-bond donors (Lipinski definition) is 1. The van der Waals surface area contributed by atoms with E-state index in [1.54, 1.807) is 50.4 Å². The number of halogens is 2. The lowest BCUT2D eigenvalue weighted by Gasteiger charge is -2.19. The lowest BCUT2D eigenvalue weighted by atomic mass is 10.1. The van der Waals surface area contributed by atoms with Gasteiger partial charge < -0.3 is 14.8 Å². The fourth-order valence-electron chi connectivity index (χ4n) is 2.50. The molecule has 0 aromatic heterocycles. The van der Waals surface area contributed by atoms with Crippen LogP contribution in [0.15, 0.2) is 42.5 Å². The Morgan fingerprint density at radius 2 is 1.85 bits per heavy atom. The van der Waals surface area contributed by atoms with E-state index in [2.05, 4.69) is 5.32 Å². The summed E-state index contributed by atoms with van der Waals surface area (Å²) in [6.07, 6.45) is -0.961. The topological polar surface area (TPSA) is 64.6 Å². The molecule has 2 atom stereocenters. The molecule has 0 bridgehead atoms. The van der Waals surface area contributed by atoms with Crippen molar-refractivity contribution in [3.63, 3.8) is 0 Å². The quantitative estimate of drug-likeness (QED) is 0.680. The number of esters is 1. The third kappa shape index (κ3) is 5.96. The molecule has 0 saturated heterocycles. The fraction of sp³-hybridized carbons (Fsp3) is 0.300. The Hall–Kier alpha value is -2.08. The number of methoxy groups -OCH3 is 1. The summed E-state index contributed by atoms with van der Waals surface area (Å²) in [5.41, 5.74) is 1.92. The molecule has 2 aromatic rings. The Morgan fingerprint density at radius 3 is 2.52 bits per heavy atom. The van der Waals surface area contributed by atoms with Crippen molar-refractivity contribution >= 4 is 35.1 Å². The van der Waals surface area contributed by atoms with Crippen LogP contribution in [0.4, 0.5) is 0 Å². The highest BCUT2D eigenvalue weighted by atomic mass is 35.5. The summed E-state index contributed by atoms with van der Waals surface area (Å²) >= 11 is 12.0. The van der Waals surface area contributed by atoms with Crippen molar-refractivity contribution in [2.45, 2.75) is 32.6 Å². The number of ether oxygens (including phenoxy) is 2. The molecule has 27 heavy (non-hydrogen) atoms. The summed E-state index contributed by atoms with van der Waals surface area (Å²) in [7, 11) is 1.57. The van der Waals surface area contributed by atoms with E-state index >= 15 is 0 Å². The molecular weight excluding hydrogens is 389 g/mol. The van der Waals surface area contributed by atoms with Crippen LogP contribution in [-0.2, 0) is 20.9 Å². The van der Waals surface area contributed by atoms with Crippen LogP contribution in [0.3, 0.4) is 0 Å². The van der Waals surface area contributed by atoms with Crippen LogP contribution < -0.4 is 5.32 Å². The Balaban J connectivity index is 1.98. The second kappa shape index (κ2) is 9.74. The fourth-order valence-corrected chi connectivity index (χ4v) is 3.07. The molecule has 5 nitrogen and oxygen atoms in total. The average molecular weight is 410 g/mol. The molecule has 2 aromatic carbocycles. The molecule has 0 heterocycles. The summed E-state index contributed by atoms with van der Waals surface area (Å²) in [5, 5.41) is 3.75. The third-order valence-electron chi connectivity index (χ3n) is 3.91. The number of carbonyl (C=O) groups excluding carboxylic acids is 2. The van der Waals surface area contributed by atoms with Crippen LogP contribution in [-0.4, -0.2) is 25.1 Å². The standard InChI is InChI=1S/C20H21Cl2NO4/c1-12(17-8-7-16(21)10-18(17)22)23-19(24)13(2)27-20(25)15-6-4-5-14(9-15)11-26-3/h4-10,12-13H,11H2,1-3H3,(H,23,24)/t12-,13-/m1/s1. The van der Waals surface area contributed by atoms with Crippen LogP contribution in [0.5, 0.6) is 0 Å². The SMILES string of the molecule is COCc1cccc(C(=O)O[C@H](C)C(=O)N[C@H](C)c2ccc(Cl)cc2Cl)c1. The minimum atomic E-state index is -0.961. The normalized spacial score (nSPS) is 12.9. The van der Waals surface area contributed by atoms with Crippen LogP contribution in [0.1, 0.15) is 41.4 Å². The number of amides is 1. The van der Waals surface area contributed by atoms with Gasteiger partial charge >= 0.3 is 5.97 Å². The van der Waals surface area contributed by atoms with Crippen molar-refractivity contribution in [2.24, 2.45) is 0 Å². The molecule has 1 amide bonds. The highest BCUT2D eigenvalue weighted by Crippen LogP contribution is 2.26. The second-order valence-electron chi connectivity index (χ2n) is 6.08. The molecule has 0 aliphatic carbocycles. The zero-order chi connectivity index (χ0) is 20.0. The molecule has 2 rings (SSSR count). The van der Waals surface area contributed by atoms with E-state index < -0.39 is 18.0 Å². The smallest absolute Gasteiger partial charge is 0.338 e. The average Bonchev–Trinajstić information content (AvgIpc) is 2.61. The maximum atomic E-state index is 12.4. The summed E-state index contributed by atoms with van der Waals surface area (Å²) in [4.78, 5) is 24.6. The van der Waals surface area contributed by atoms with Crippen molar-refractivity contribution in [3.05, 3.63) is 69.2 Å². The Kier molecular flexibility index (Phi) is 7.66. The first-order valence-corrected chi connectivity index (χ1v) is 9.11. The minimum absolute atomic E-state index is 0.359. The summed E-state index contributed by atoms with van der Waals surface area (Å²) < 4.78 is 10.3. The van der Waals surface area contributed by atoms with Gasteiger partial charge in [0.05, 0.1) is 18.2 Å². The van der Waals surface area contributed by atoms with E-state index in [0.717, 1.165) is 11.1 Å². The van der Waals surface area contributed by atoms with Gasteiger partial charge in [0, 0.05) is 17.2 Å². The highest BCUT2D eigenvalue weighted by molar-refractivity contribution is 6.35. The molecule has 0 aliphatic rings. The first kappa shape index (κ1) is 21.2. The van der Waals surface area contributed by atoms with Gasteiger partial charge in [0.15, 0.2) is 6.10 Å². The van der Waals surface area contributed by atoms with E-state index in [-0.39, 0.29) is 6.04 Å². The largest absolute Gasteiger partial charge is 0.449 e. The minimum Gasteiger partial charge on any atom is -0.449 e. The first-order chi connectivity index (χ1) is 12.8. The van der Waals surface area contributed by atoms with Gasteiger partial charge in [0.1, 0.15) is 0 Å². The van der Waals surface area contributed by atoms with Crippen LogP contribution >= 0.6 is 23.2 Å². The van der Waals surface area contributed by atoms with Crippen molar-refractivity contribution in [3.8, 4) is 0 Å². The van der Waals surface area contributed by atoms with Gasteiger partial charge in [-0.05, 0) is 49.2 Å². The van der Waals surface area contributed by atoms with Gasteiger partial charge in [-0.15, -0.1) is 0 Å². The van der Waals surface area contributed by atoms with E-state index in [1.165, 1.54) is 6.92 Å². The molecule has 144 valence electrons. The number of benzene rings is 2. The van der Waals surface area contributed by atoms with Crippen molar-refractivity contribution in [2.75, 3.05) is 7.11 Å². The number of hydrogen-bond acceptors (Lipinski definition) is 4. The van der Waals surface area contributed by atoms with Crippen LogP contribution in [0.2, 0.25) is 10.0 Å². The van der Waals surface area contributed by atoms with E-state index in [9.17, 15) is 9.59 Å². The monoisotopic (exact) mass is 409 g/mol. The van der Waals surface area contributed by atoms with Gasteiger partial charge in [0.2, 0.25) is 0 Å². The van der Waals surface area contributed by atoms with Gasteiger partial charge in [-0.25, -0.2) is 4.79 Å². The molecule has 1 N–H and O–H groups in total. The summed E-state index contributed by atoms with van der Waals surface area (Å²) in [5.74, 6) is -0.998. The molecule has 0 aliphatic heterocycles. The molecule has 0 saturated carbocycles. The van der Waals surface area contributed by atoms with E-state index in [4.69, 9.17) is 32.7 Å². The predicted molar refractivity (Wildman–Crippen MR) is 105 cm³/mol. The zero-order valence-corrected chi connectivity index (χ0v) is 16.8. The Morgan fingerprint density at radius 1 is 1.11 bits per heavy atom. The van der Waals surface area contributed by atoms with Crippen LogP contribution in [0.25, 0.3) is 0 Å². The lowest BCUT2D eigenvalue weighted by Crippen LogP contribution is -2.37. The zero-order valence-electron chi connectivity index (χ0n) is 15.3. The summed E-state index contributed by atoms with van der Waals surface area (Å²) in [6.45, 7) is 3.69. The number of rotatable bonds is 7. The Bertz CT molecular complexity index is 825. The Labute approximate surface area is 168 Å². The number of nitrogens with one attached hydrogen (secondary N) is 1. The second-order valence-corrected chi connectivity index (χ2v) is 6.92. The number of carbonyl (C=O) groups is 2. The van der Waals surface area contributed by atoms with Gasteiger partial charge in [-0.2, -0.15) is 0 Å². The predicted octanol–water partition coefficient (Wildman–Crippen LogP) is 4.56. The molecule has 0 fully saturated rings. The third-order valence-corrected chi connectivity index (χ3v) is 4.48. The maximum absolute atomic E-state index is 12.4. The van der Waals surface area contributed by atoms with Gasteiger partial charge in [-0.3, -0.25) is 4.79 Å². The molecule has 0 radical (unpaired) electrons. The molecule has 0 spiro atoms. The summed E-state index contributed by atoms with van der Waals surface area (Å²) in [6, 6.07) is 11.6. The van der Waals surface area contributed by atoms with Crippen molar-refractivity contribution < 1.29 is 19.1 Å². The first-order valence-electron chi connectivity index (χ1n) is 8.36. The molecule has 7 heteroatoms. The molecule has 0 unspecified atom stereocenters.